The number of halogens is 3. The van der Waals surface area contributed by atoms with E-state index in [1.54, 1.807) is 36.4 Å². The second-order valence-corrected chi connectivity index (χ2v) is 11.9. The lowest BCUT2D eigenvalue weighted by molar-refractivity contribution is 0.171. The van der Waals surface area contributed by atoms with Gasteiger partial charge in [0.25, 0.3) is 0 Å². The summed E-state index contributed by atoms with van der Waals surface area (Å²) in [6.07, 6.45) is 15.6. The number of aryl methyl sites for hydroxylation is 1. The van der Waals surface area contributed by atoms with Gasteiger partial charge >= 0.3 is 0 Å². The van der Waals surface area contributed by atoms with Crippen molar-refractivity contribution in [2.75, 3.05) is 0 Å². The third kappa shape index (κ3) is 6.29. The number of unbranched alkanes of at least 4 members (excludes halogenated alkanes) is 1. The second-order valence-electron chi connectivity index (χ2n) is 11.9. The molecule has 0 spiro atoms. The SMILES string of the molecule is C=CCCCc1ccc(-c2ccc(-c3ccc(C4CCC(C5CCC(C=C)CC5)CC4)c(F)c3)cc2)c(F)c1F. The van der Waals surface area contributed by atoms with Crippen molar-refractivity contribution in [3.05, 3.63) is 108 Å². The molecule has 0 radical (unpaired) electrons. The van der Waals surface area contributed by atoms with E-state index in [4.69, 9.17) is 0 Å². The Labute approximate surface area is 238 Å². The predicted octanol–water partition coefficient (Wildman–Crippen LogP) is 11.2. The number of hydrogen-bond acceptors (Lipinski definition) is 0. The Morgan fingerprint density at radius 1 is 0.675 bits per heavy atom. The van der Waals surface area contributed by atoms with Crippen molar-refractivity contribution in [2.24, 2.45) is 17.8 Å². The molecule has 2 aliphatic carbocycles. The highest BCUT2D eigenvalue weighted by molar-refractivity contribution is 5.71. The fourth-order valence-electron chi connectivity index (χ4n) is 7.08. The zero-order chi connectivity index (χ0) is 28.1. The van der Waals surface area contributed by atoms with E-state index in [1.807, 2.05) is 24.3 Å². The Balaban J connectivity index is 1.22. The van der Waals surface area contributed by atoms with Crippen molar-refractivity contribution < 1.29 is 13.2 Å². The first-order valence-corrected chi connectivity index (χ1v) is 15.1. The molecule has 5 rings (SSSR count). The topological polar surface area (TPSA) is 0 Å². The molecule has 0 aliphatic heterocycles. The lowest BCUT2D eigenvalue weighted by Crippen LogP contribution is -2.25. The molecule has 0 saturated heterocycles. The molecule has 0 bridgehead atoms. The molecule has 3 aromatic rings. The third-order valence-corrected chi connectivity index (χ3v) is 9.57. The van der Waals surface area contributed by atoms with E-state index >= 15 is 4.39 Å². The van der Waals surface area contributed by atoms with Crippen molar-refractivity contribution in [2.45, 2.75) is 76.5 Å². The predicted molar refractivity (Wildman–Crippen MR) is 161 cm³/mol. The van der Waals surface area contributed by atoms with Crippen LogP contribution >= 0.6 is 0 Å². The normalized spacial score (nSPS) is 23.1. The first-order chi connectivity index (χ1) is 19.5. The van der Waals surface area contributed by atoms with Gasteiger partial charge in [-0.3, -0.25) is 0 Å². The molecule has 2 aliphatic rings. The summed E-state index contributed by atoms with van der Waals surface area (Å²) >= 11 is 0. The molecule has 0 unspecified atom stereocenters. The smallest absolute Gasteiger partial charge is 0.166 e. The van der Waals surface area contributed by atoms with Crippen LogP contribution in [-0.4, -0.2) is 0 Å². The Morgan fingerprint density at radius 3 is 1.93 bits per heavy atom. The maximum Gasteiger partial charge on any atom is 0.166 e. The fraction of sp³-hybridized carbons (Fsp3) is 0.405. The summed E-state index contributed by atoms with van der Waals surface area (Å²) in [5.74, 6) is 0.860. The molecule has 0 nitrogen and oxygen atoms in total. The zero-order valence-corrected chi connectivity index (χ0v) is 23.5. The van der Waals surface area contributed by atoms with Gasteiger partial charge in [0.2, 0.25) is 0 Å². The van der Waals surface area contributed by atoms with E-state index in [0.717, 1.165) is 54.2 Å². The second kappa shape index (κ2) is 13.1. The highest BCUT2D eigenvalue weighted by atomic mass is 19.2. The lowest BCUT2D eigenvalue weighted by atomic mass is 9.68. The summed E-state index contributed by atoms with van der Waals surface area (Å²) < 4.78 is 44.9. The Morgan fingerprint density at radius 2 is 1.30 bits per heavy atom. The van der Waals surface area contributed by atoms with Crippen LogP contribution in [0.25, 0.3) is 22.3 Å². The highest BCUT2D eigenvalue weighted by Crippen LogP contribution is 2.44. The van der Waals surface area contributed by atoms with Gasteiger partial charge in [-0.2, -0.15) is 0 Å². The van der Waals surface area contributed by atoms with E-state index in [1.165, 1.54) is 38.5 Å². The Kier molecular flexibility index (Phi) is 9.29. The Hall–Kier alpha value is -3.07. The van der Waals surface area contributed by atoms with Gasteiger partial charge in [0.15, 0.2) is 11.6 Å². The molecule has 0 N–H and O–H groups in total. The summed E-state index contributed by atoms with van der Waals surface area (Å²) in [7, 11) is 0. The monoisotopic (exact) mass is 542 g/mol. The number of hydrogen-bond donors (Lipinski definition) is 0. The molecule has 0 amide bonds. The minimum atomic E-state index is -0.821. The molecular formula is C37H41F3. The summed E-state index contributed by atoms with van der Waals surface area (Å²) in [6, 6.07) is 16.2. The van der Waals surface area contributed by atoms with Crippen LogP contribution in [0.3, 0.4) is 0 Å². The van der Waals surface area contributed by atoms with Crippen LogP contribution < -0.4 is 0 Å². The van der Waals surface area contributed by atoms with Crippen molar-refractivity contribution >= 4 is 0 Å². The fourth-order valence-corrected chi connectivity index (χ4v) is 7.08. The molecule has 2 fully saturated rings. The molecule has 0 atom stereocenters. The Bertz CT molecular complexity index is 1310. The van der Waals surface area contributed by atoms with Crippen molar-refractivity contribution in [3.8, 4) is 22.3 Å². The molecule has 210 valence electrons. The van der Waals surface area contributed by atoms with E-state index in [2.05, 4.69) is 19.2 Å². The number of allylic oxidation sites excluding steroid dienone is 2. The van der Waals surface area contributed by atoms with E-state index in [-0.39, 0.29) is 17.3 Å². The largest absolute Gasteiger partial charge is 0.207 e. The first kappa shape index (κ1) is 28.5. The standard InChI is InChI=1S/C37H41F3/c1-3-5-6-7-31-20-23-34(37(40)36(31)39)30-18-14-28(15-19-30)32-21-22-33(35(38)24-32)29-16-12-27(13-17-29)26-10-8-25(4-2)9-11-26/h3-4,14-15,18-27,29H,1-2,5-13,16-17H2. The minimum Gasteiger partial charge on any atom is -0.207 e. The summed E-state index contributed by atoms with van der Waals surface area (Å²) in [6.45, 7) is 7.64. The van der Waals surface area contributed by atoms with Gasteiger partial charge in [0, 0.05) is 5.56 Å². The molecular weight excluding hydrogens is 501 g/mol. The van der Waals surface area contributed by atoms with Gasteiger partial charge < -0.3 is 0 Å². The zero-order valence-electron chi connectivity index (χ0n) is 23.5. The quantitative estimate of drug-likeness (QED) is 0.186. The van der Waals surface area contributed by atoms with E-state index < -0.39 is 11.6 Å². The van der Waals surface area contributed by atoms with Crippen LogP contribution in [0.1, 0.15) is 81.3 Å². The van der Waals surface area contributed by atoms with Crippen molar-refractivity contribution in [3.63, 3.8) is 0 Å². The highest BCUT2D eigenvalue weighted by Gasteiger charge is 2.31. The molecule has 40 heavy (non-hydrogen) atoms. The van der Waals surface area contributed by atoms with Gasteiger partial charge in [-0.1, -0.05) is 60.7 Å². The van der Waals surface area contributed by atoms with E-state index in [0.29, 0.717) is 23.5 Å². The molecule has 3 aromatic carbocycles. The summed E-state index contributed by atoms with van der Waals surface area (Å²) in [5.41, 5.74) is 3.71. The third-order valence-electron chi connectivity index (χ3n) is 9.57. The molecule has 0 aromatic heterocycles. The van der Waals surface area contributed by atoms with Gasteiger partial charge in [-0.25, -0.2) is 13.2 Å². The van der Waals surface area contributed by atoms with Gasteiger partial charge in [0.05, 0.1) is 0 Å². The minimum absolute atomic E-state index is 0.142. The molecule has 2 saturated carbocycles. The lowest BCUT2D eigenvalue weighted by Gasteiger charge is -2.37. The van der Waals surface area contributed by atoms with E-state index in [9.17, 15) is 8.78 Å². The number of rotatable bonds is 9. The van der Waals surface area contributed by atoms with Crippen LogP contribution in [-0.2, 0) is 6.42 Å². The maximum absolute atomic E-state index is 15.3. The average Bonchev–Trinajstić information content (AvgIpc) is 3.00. The summed E-state index contributed by atoms with van der Waals surface area (Å²) in [4.78, 5) is 0. The molecule has 0 heterocycles. The molecule has 3 heteroatoms. The van der Waals surface area contributed by atoms with Crippen molar-refractivity contribution in [1.82, 2.24) is 0 Å². The van der Waals surface area contributed by atoms with Crippen LogP contribution in [0.5, 0.6) is 0 Å². The first-order valence-electron chi connectivity index (χ1n) is 15.1. The maximum atomic E-state index is 15.3. The van der Waals surface area contributed by atoms with Crippen LogP contribution in [0, 0.1) is 35.2 Å². The summed E-state index contributed by atoms with van der Waals surface area (Å²) in [5, 5.41) is 0. The average molecular weight is 543 g/mol. The van der Waals surface area contributed by atoms with Crippen LogP contribution in [0.2, 0.25) is 0 Å². The van der Waals surface area contributed by atoms with Gasteiger partial charge in [0.1, 0.15) is 5.82 Å². The van der Waals surface area contributed by atoms with Crippen molar-refractivity contribution in [1.29, 1.82) is 0 Å². The van der Waals surface area contributed by atoms with Crippen LogP contribution in [0.4, 0.5) is 13.2 Å². The van der Waals surface area contributed by atoms with Gasteiger partial charge in [-0.05, 0) is 128 Å². The van der Waals surface area contributed by atoms with Gasteiger partial charge in [-0.15, -0.1) is 13.2 Å². The van der Waals surface area contributed by atoms with Crippen LogP contribution in [0.15, 0.2) is 79.9 Å². The number of benzene rings is 3.